The summed E-state index contributed by atoms with van der Waals surface area (Å²) in [5, 5.41) is 2.49. The van der Waals surface area contributed by atoms with E-state index in [1.807, 2.05) is 29.6 Å². The van der Waals surface area contributed by atoms with Crippen LogP contribution in [0.2, 0.25) is 0 Å². The van der Waals surface area contributed by atoms with Gasteiger partial charge in [0.1, 0.15) is 17.3 Å². The van der Waals surface area contributed by atoms with Gasteiger partial charge in [-0.1, -0.05) is 0 Å². The van der Waals surface area contributed by atoms with E-state index in [1.165, 1.54) is 18.3 Å². The number of thiazole rings is 1. The monoisotopic (exact) mass is 358 g/mol. The zero-order valence-electron chi connectivity index (χ0n) is 14.2. The van der Waals surface area contributed by atoms with Crippen LogP contribution in [0.1, 0.15) is 12.7 Å². The molecule has 1 aromatic carbocycles. The molecule has 0 fully saturated rings. The van der Waals surface area contributed by atoms with Crippen molar-refractivity contribution >= 4 is 22.4 Å². The van der Waals surface area contributed by atoms with Crippen LogP contribution >= 0.6 is 11.3 Å². The Kier molecular flexibility index (Phi) is 5.04. The van der Waals surface area contributed by atoms with Crippen LogP contribution in [-0.4, -0.2) is 25.1 Å². The number of aromatic nitrogens is 1. The van der Waals surface area contributed by atoms with Gasteiger partial charge in [-0.3, -0.25) is 9.69 Å². The third-order valence-electron chi connectivity index (χ3n) is 3.68. The Balaban J connectivity index is 1.94. The van der Waals surface area contributed by atoms with Crippen LogP contribution < -0.4 is 14.4 Å². The molecule has 0 radical (unpaired) electrons. The largest absolute Gasteiger partial charge is 0.497 e. The summed E-state index contributed by atoms with van der Waals surface area (Å²) in [5.41, 5.74) is 1.53. The zero-order chi connectivity index (χ0) is 17.8. The number of furan rings is 1. The summed E-state index contributed by atoms with van der Waals surface area (Å²) in [6, 6.07) is 9.15. The molecule has 0 unspecified atom stereocenters. The first-order valence-electron chi connectivity index (χ1n) is 7.60. The molecule has 0 saturated heterocycles. The number of hydrogen-bond acceptors (Lipinski definition) is 6. The summed E-state index contributed by atoms with van der Waals surface area (Å²) < 4.78 is 16.0. The fraction of sp³-hybridized carbons (Fsp3) is 0.222. The summed E-state index contributed by atoms with van der Waals surface area (Å²) in [4.78, 5) is 18.2. The van der Waals surface area contributed by atoms with E-state index in [-0.39, 0.29) is 5.91 Å². The summed E-state index contributed by atoms with van der Waals surface area (Å²) in [7, 11) is 3.22. The average molecular weight is 358 g/mol. The molecule has 2 aromatic heterocycles. The first-order chi connectivity index (χ1) is 12.1. The van der Waals surface area contributed by atoms with Gasteiger partial charge in [-0.15, -0.1) is 11.3 Å². The van der Waals surface area contributed by atoms with Crippen LogP contribution in [0.25, 0.3) is 11.3 Å². The summed E-state index contributed by atoms with van der Waals surface area (Å²) in [6.07, 6.45) is 1.59. The first-order valence-corrected chi connectivity index (χ1v) is 8.48. The number of nitrogens with zero attached hydrogens (tertiary/aromatic N) is 2. The highest BCUT2D eigenvalue weighted by Crippen LogP contribution is 2.36. The van der Waals surface area contributed by atoms with Gasteiger partial charge in [0.05, 0.1) is 32.7 Å². The SMILES string of the molecule is COc1ccc(OC)c(-c2csc(N(Cc3ccco3)C(C)=O)n2)c1. The number of carbonyl (C=O) groups is 1. The van der Waals surface area contributed by atoms with Crippen molar-refractivity contribution in [3.8, 4) is 22.8 Å². The molecule has 1 amide bonds. The van der Waals surface area contributed by atoms with Gasteiger partial charge in [-0.25, -0.2) is 4.98 Å². The second-order valence-corrected chi connectivity index (χ2v) is 6.10. The van der Waals surface area contributed by atoms with E-state index >= 15 is 0 Å². The van der Waals surface area contributed by atoms with Crippen molar-refractivity contribution in [1.29, 1.82) is 0 Å². The fourth-order valence-corrected chi connectivity index (χ4v) is 3.27. The maximum Gasteiger partial charge on any atom is 0.226 e. The Hall–Kier alpha value is -2.80. The average Bonchev–Trinajstić information content (AvgIpc) is 3.30. The number of anilines is 1. The minimum absolute atomic E-state index is 0.102. The lowest BCUT2D eigenvalue weighted by atomic mass is 10.1. The molecular weight excluding hydrogens is 340 g/mol. The van der Waals surface area contributed by atoms with Gasteiger partial charge in [0.15, 0.2) is 5.13 Å². The summed E-state index contributed by atoms with van der Waals surface area (Å²) >= 11 is 1.39. The van der Waals surface area contributed by atoms with Crippen molar-refractivity contribution < 1.29 is 18.7 Å². The molecule has 7 heteroatoms. The lowest BCUT2D eigenvalue weighted by Gasteiger charge is -2.16. The molecule has 0 spiro atoms. The highest BCUT2D eigenvalue weighted by Gasteiger charge is 2.19. The second kappa shape index (κ2) is 7.40. The molecule has 0 N–H and O–H groups in total. The molecule has 0 aliphatic rings. The lowest BCUT2D eigenvalue weighted by Crippen LogP contribution is -2.27. The molecule has 130 valence electrons. The lowest BCUT2D eigenvalue weighted by molar-refractivity contribution is -0.116. The Morgan fingerprint density at radius 2 is 2.12 bits per heavy atom. The van der Waals surface area contributed by atoms with Gasteiger partial charge in [-0.05, 0) is 30.3 Å². The molecule has 2 heterocycles. The number of methoxy groups -OCH3 is 2. The molecule has 3 aromatic rings. The Morgan fingerprint density at radius 3 is 2.76 bits per heavy atom. The van der Waals surface area contributed by atoms with Crippen LogP contribution in [0.15, 0.2) is 46.4 Å². The maximum atomic E-state index is 12.0. The first kappa shape index (κ1) is 17.0. The predicted molar refractivity (Wildman–Crippen MR) is 96.2 cm³/mol. The van der Waals surface area contributed by atoms with Crippen LogP contribution in [-0.2, 0) is 11.3 Å². The summed E-state index contributed by atoms with van der Waals surface area (Å²) in [5.74, 6) is 2.00. The molecule has 0 aliphatic carbocycles. The standard InChI is InChI=1S/C18H18N2O4S/c1-12(21)20(10-14-5-4-8-24-14)18-19-16(11-25-18)15-9-13(22-2)6-7-17(15)23-3/h4-9,11H,10H2,1-3H3. The van der Waals surface area contributed by atoms with Crippen molar-refractivity contribution in [3.63, 3.8) is 0 Å². The Bertz CT molecular complexity index is 858. The smallest absolute Gasteiger partial charge is 0.226 e. The predicted octanol–water partition coefficient (Wildman–Crippen LogP) is 3.97. The number of hydrogen-bond donors (Lipinski definition) is 0. The highest BCUT2D eigenvalue weighted by molar-refractivity contribution is 7.14. The molecular formula is C18H18N2O4S. The van der Waals surface area contributed by atoms with Gasteiger partial charge in [-0.2, -0.15) is 0 Å². The van der Waals surface area contributed by atoms with Crippen LogP contribution in [0.3, 0.4) is 0 Å². The number of carbonyl (C=O) groups excluding carboxylic acids is 1. The molecule has 6 nitrogen and oxygen atoms in total. The van der Waals surface area contributed by atoms with Crippen molar-refractivity contribution in [2.45, 2.75) is 13.5 Å². The molecule has 0 atom stereocenters. The highest BCUT2D eigenvalue weighted by atomic mass is 32.1. The van der Waals surface area contributed by atoms with Gasteiger partial charge < -0.3 is 13.9 Å². The third kappa shape index (κ3) is 3.66. The normalized spacial score (nSPS) is 10.5. The van der Waals surface area contributed by atoms with E-state index in [4.69, 9.17) is 13.9 Å². The fourth-order valence-electron chi connectivity index (χ4n) is 2.40. The molecule has 25 heavy (non-hydrogen) atoms. The van der Waals surface area contributed by atoms with E-state index in [0.29, 0.717) is 28.9 Å². The van der Waals surface area contributed by atoms with Gasteiger partial charge in [0.25, 0.3) is 0 Å². The molecule has 0 saturated carbocycles. The topological polar surface area (TPSA) is 64.8 Å². The number of ether oxygens (including phenoxy) is 2. The van der Waals surface area contributed by atoms with E-state index in [2.05, 4.69) is 4.98 Å². The number of rotatable bonds is 6. The third-order valence-corrected chi connectivity index (χ3v) is 4.54. The van der Waals surface area contributed by atoms with Crippen LogP contribution in [0, 0.1) is 0 Å². The quantitative estimate of drug-likeness (QED) is 0.667. The van der Waals surface area contributed by atoms with E-state index in [9.17, 15) is 4.79 Å². The Morgan fingerprint density at radius 1 is 1.28 bits per heavy atom. The molecule has 3 rings (SSSR count). The van der Waals surface area contributed by atoms with Crippen molar-refractivity contribution in [3.05, 3.63) is 47.7 Å². The zero-order valence-corrected chi connectivity index (χ0v) is 15.0. The maximum absolute atomic E-state index is 12.0. The number of benzene rings is 1. The Labute approximate surface area is 149 Å². The van der Waals surface area contributed by atoms with Crippen molar-refractivity contribution in [2.75, 3.05) is 19.1 Å². The van der Waals surface area contributed by atoms with Gasteiger partial charge in [0, 0.05) is 17.9 Å². The number of amides is 1. The van der Waals surface area contributed by atoms with Crippen molar-refractivity contribution in [1.82, 2.24) is 4.98 Å². The second-order valence-electron chi connectivity index (χ2n) is 5.27. The van der Waals surface area contributed by atoms with E-state index < -0.39 is 0 Å². The summed E-state index contributed by atoms with van der Waals surface area (Å²) in [6.45, 7) is 1.85. The van der Waals surface area contributed by atoms with E-state index in [0.717, 1.165) is 11.3 Å². The van der Waals surface area contributed by atoms with Gasteiger partial charge in [0.2, 0.25) is 5.91 Å². The minimum atomic E-state index is -0.102. The molecule has 0 bridgehead atoms. The van der Waals surface area contributed by atoms with E-state index in [1.54, 1.807) is 31.4 Å². The van der Waals surface area contributed by atoms with Crippen LogP contribution in [0.5, 0.6) is 11.5 Å². The van der Waals surface area contributed by atoms with Crippen molar-refractivity contribution in [2.24, 2.45) is 0 Å². The minimum Gasteiger partial charge on any atom is -0.497 e. The van der Waals surface area contributed by atoms with Gasteiger partial charge >= 0.3 is 0 Å². The molecule has 0 aliphatic heterocycles. The van der Waals surface area contributed by atoms with Crippen LogP contribution in [0.4, 0.5) is 5.13 Å².